The van der Waals surface area contributed by atoms with Crippen molar-refractivity contribution in [1.82, 2.24) is 4.90 Å². The summed E-state index contributed by atoms with van der Waals surface area (Å²) in [6.45, 7) is 3.65. The summed E-state index contributed by atoms with van der Waals surface area (Å²) < 4.78 is 10.6. The van der Waals surface area contributed by atoms with Crippen LogP contribution in [0.5, 0.6) is 0 Å². The molecule has 3 rings (SSSR count). The Morgan fingerprint density at radius 3 is 2.88 bits per heavy atom. The standard InChI is InChI=1S/C19H24N2O5/c1-2-25-19(24)15-7-3-4-8-16(15)20-18(23)13-10-17(22)21(11-13)12-14-6-5-9-26-14/h3-4,7-8,13-14H,2,5-6,9-12H2,1H3,(H,20,23). The maximum Gasteiger partial charge on any atom is 0.340 e. The Morgan fingerprint density at radius 2 is 2.15 bits per heavy atom. The maximum atomic E-state index is 12.6. The molecule has 2 aliphatic rings. The van der Waals surface area contributed by atoms with Crippen molar-refractivity contribution < 1.29 is 23.9 Å². The molecule has 1 N–H and O–H groups in total. The van der Waals surface area contributed by atoms with Crippen molar-refractivity contribution in [2.75, 3.05) is 31.6 Å². The van der Waals surface area contributed by atoms with Crippen LogP contribution in [0, 0.1) is 5.92 Å². The first-order chi connectivity index (χ1) is 12.6. The van der Waals surface area contributed by atoms with Crippen LogP contribution in [-0.4, -0.2) is 55.1 Å². The fourth-order valence-corrected chi connectivity index (χ4v) is 3.37. The van der Waals surface area contributed by atoms with Gasteiger partial charge < -0.3 is 19.7 Å². The summed E-state index contributed by atoms with van der Waals surface area (Å²) in [5.74, 6) is -1.20. The number of ether oxygens (including phenoxy) is 2. The Balaban J connectivity index is 1.62. The summed E-state index contributed by atoms with van der Waals surface area (Å²) in [6, 6.07) is 6.72. The van der Waals surface area contributed by atoms with E-state index in [1.54, 1.807) is 36.1 Å². The smallest absolute Gasteiger partial charge is 0.340 e. The van der Waals surface area contributed by atoms with Crippen LogP contribution in [0.4, 0.5) is 5.69 Å². The van der Waals surface area contributed by atoms with E-state index in [9.17, 15) is 14.4 Å². The second kappa shape index (κ2) is 8.31. The van der Waals surface area contributed by atoms with Gasteiger partial charge in [-0.2, -0.15) is 0 Å². The monoisotopic (exact) mass is 360 g/mol. The number of carbonyl (C=O) groups excluding carboxylic acids is 3. The highest BCUT2D eigenvalue weighted by Gasteiger charge is 2.36. The van der Waals surface area contributed by atoms with Crippen molar-refractivity contribution in [2.24, 2.45) is 5.92 Å². The molecular weight excluding hydrogens is 336 g/mol. The second-order valence-corrected chi connectivity index (χ2v) is 6.59. The van der Waals surface area contributed by atoms with E-state index in [-0.39, 0.29) is 30.9 Å². The van der Waals surface area contributed by atoms with Gasteiger partial charge >= 0.3 is 5.97 Å². The third kappa shape index (κ3) is 4.22. The molecule has 0 saturated carbocycles. The summed E-state index contributed by atoms with van der Waals surface area (Å²) in [7, 11) is 0. The molecule has 1 aromatic carbocycles. The lowest BCUT2D eigenvalue weighted by Gasteiger charge is -2.20. The van der Waals surface area contributed by atoms with Crippen molar-refractivity contribution in [2.45, 2.75) is 32.3 Å². The largest absolute Gasteiger partial charge is 0.462 e. The number of anilines is 1. The lowest BCUT2D eigenvalue weighted by molar-refractivity contribution is -0.129. The zero-order chi connectivity index (χ0) is 18.5. The number of rotatable bonds is 6. The molecule has 0 aliphatic carbocycles. The molecule has 0 radical (unpaired) electrons. The van der Waals surface area contributed by atoms with Gasteiger partial charge in [-0.1, -0.05) is 12.1 Å². The molecule has 2 unspecified atom stereocenters. The molecule has 2 atom stereocenters. The SMILES string of the molecule is CCOC(=O)c1ccccc1NC(=O)C1CC(=O)N(CC2CCCO2)C1. The molecule has 7 heteroatoms. The Hall–Kier alpha value is -2.41. The van der Waals surface area contributed by atoms with E-state index < -0.39 is 11.9 Å². The zero-order valence-electron chi connectivity index (χ0n) is 14.9. The maximum absolute atomic E-state index is 12.6. The number of hydrogen-bond acceptors (Lipinski definition) is 5. The molecule has 26 heavy (non-hydrogen) atoms. The second-order valence-electron chi connectivity index (χ2n) is 6.59. The third-order valence-corrected chi connectivity index (χ3v) is 4.71. The molecule has 2 saturated heterocycles. The van der Waals surface area contributed by atoms with Crippen LogP contribution in [0.2, 0.25) is 0 Å². The van der Waals surface area contributed by atoms with E-state index in [0.29, 0.717) is 24.3 Å². The van der Waals surface area contributed by atoms with Crippen LogP contribution in [0.15, 0.2) is 24.3 Å². The van der Waals surface area contributed by atoms with Crippen LogP contribution < -0.4 is 5.32 Å². The number of amides is 2. The average molecular weight is 360 g/mol. The van der Waals surface area contributed by atoms with Crippen molar-refractivity contribution in [1.29, 1.82) is 0 Å². The summed E-state index contributed by atoms with van der Waals surface area (Å²) in [4.78, 5) is 38.5. The molecule has 0 spiro atoms. The van der Waals surface area contributed by atoms with Gasteiger partial charge in [0, 0.05) is 26.1 Å². The number of carbonyl (C=O) groups is 3. The molecule has 2 aliphatic heterocycles. The van der Waals surface area contributed by atoms with Crippen molar-refractivity contribution in [3.63, 3.8) is 0 Å². The van der Waals surface area contributed by atoms with E-state index in [2.05, 4.69) is 5.32 Å². The van der Waals surface area contributed by atoms with E-state index in [1.807, 2.05) is 0 Å². The van der Waals surface area contributed by atoms with Crippen LogP contribution in [-0.2, 0) is 19.1 Å². The Bertz CT molecular complexity index is 684. The molecule has 0 bridgehead atoms. The minimum atomic E-state index is -0.481. The number of esters is 1. The lowest BCUT2D eigenvalue weighted by Crippen LogP contribution is -2.34. The van der Waals surface area contributed by atoms with Crippen LogP contribution in [0.25, 0.3) is 0 Å². The fraction of sp³-hybridized carbons (Fsp3) is 0.526. The summed E-state index contributed by atoms with van der Waals surface area (Å²) >= 11 is 0. The lowest BCUT2D eigenvalue weighted by atomic mass is 10.1. The molecule has 1 aromatic rings. The van der Waals surface area contributed by atoms with Gasteiger partial charge in [0.25, 0.3) is 0 Å². The molecule has 0 aromatic heterocycles. The van der Waals surface area contributed by atoms with Crippen molar-refractivity contribution >= 4 is 23.5 Å². The van der Waals surface area contributed by atoms with Gasteiger partial charge in [-0.05, 0) is 31.9 Å². The Kier molecular flexibility index (Phi) is 5.88. The number of likely N-dealkylation sites (tertiary alicyclic amines) is 1. The van der Waals surface area contributed by atoms with Gasteiger partial charge in [0.05, 0.1) is 29.9 Å². The first-order valence-electron chi connectivity index (χ1n) is 9.05. The van der Waals surface area contributed by atoms with Crippen molar-refractivity contribution in [3.05, 3.63) is 29.8 Å². The predicted molar refractivity (Wildman–Crippen MR) is 94.7 cm³/mol. The highest BCUT2D eigenvalue weighted by Crippen LogP contribution is 2.24. The summed E-state index contributed by atoms with van der Waals surface area (Å²) in [5.41, 5.74) is 0.712. The number of hydrogen-bond donors (Lipinski definition) is 1. The highest BCUT2D eigenvalue weighted by atomic mass is 16.5. The quantitative estimate of drug-likeness (QED) is 0.783. The van der Waals surface area contributed by atoms with Gasteiger partial charge in [0.2, 0.25) is 11.8 Å². The Morgan fingerprint density at radius 1 is 1.35 bits per heavy atom. The molecule has 2 heterocycles. The van der Waals surface area contributed by atoms with E-state index >= 15 is 0 Å². The van der Waals surface area contributed by atoms with E-state index in [1.165, 1.54) is 0 Å². The average Bonchev–Trinajstić information content (AvgIpc) is 3.26. The number of nitrogens with one attached hydrogen (secondary N) is 1. The molecule has 2 fully saturated rings. The molecule has 140 valence electrons. The normalized spacial score (nSPS) is 22.5. The van der Waals surface area contributed by atoms with E-state index in [0.717, 1.165) is 19.4 Å². The predicted octanol–water partition coefficient (Wildman–Crippen LogP) is 1.83. The highest BCUT2D eigenvalue weighted by molar-refractivity contribution is 6.03. The third-order valence-electron chi connectivity index (χ3n) is 4.71. The van der Waals surface area contributed by atoms with Crippen molar-refractivity contribution in [3.8, 4) is 0 Å². The van der Waals surface area contributed by atoms with Gasteiger partial charge in [0.1, 0.15) is 0 Å². The van der Waals surface area contributed by atoms with E-state index in [4.69, 9.17) is 9.47 Å². The van der Waals surface area contributed by atoms with Crippen LogP contribution in [0.1, 0.15) is 36.5 Å². The molecule has 2 amide bonds. The number of para-hydroxylation sites is 1. The van der Waals surface area contributed by atoms with Gasteiger partial charge in [-0.25, -0.2) is 4.79 Å². The van der Waals surface area contributed by atoms with Gasteiger partial charge in [-0.15, -0.1) is 0 Å². The van der Waals surface area contributed by atoms with Crippen LogP contribution in [0.3, 0.4) is 0 Å². The summed E-state index contributed by atoms with van der Waals surface area (Å²) in [5, 5.41) is 2.78. The first kappa shape index (κ1) is 18.4. The van der Waals surface area contributed by atoms with Gasteiger partial charge in [-0.3, -0.25) is 9.59 Å². The minimum absolute atomic E-state index is 0.0284. The zero-order valence-corrected chi connectivity index (χ0v) is 14.9. The molecular formula is C19H24N2O5. The van der Waals surface area contributed by atoms with Crippen LogP contribution >= 0.6 is 0 Å². The topological polar surface area (TPSA) is 84.9 Å². The minimum Gasteiger partial charge on any atom is -0.462 e. The van der Waals surface area contributed by atoms with Gasteiger partial charge in [0.15, 0.2) is 0 Å². The fourth-order valence-electron chi connectivity index (χ4n) is 3.37. The molecule has 7 nitrogen and oxygen atoms in total. The number of nitrogens with zero attached hydrogens (tertiary/aromatic N) is 1. The Labute approximate surface area is 152 Å². The number of benzene rings is 1. The summed E-state index contributed by atoms with van der Waals surface area (Å²) in [6.07, 6.45) is 2.22. The first-order valence-corrected chi connectivity index (χ1v) is 9.05.